The quantitative estimate of drug-likeness (QED) is 0.802. The summed E-state index contributed by atoms with van der Waals surface area (Å²) < 4.78 is 5.18. The van der Waals surface area contributed by atoms with Gasteiger partial charge in [-0.1, -0.05) is 28.0 Å². The molecule has 0 aliphatic rings. The van der Waals surface area contributed by atoms with Crippen molar-refractivity contribution >= 4 is 27.3 Å². The summed E-state index contributed by atoms with van der Waals surface area (Å²) in [7, 11) is 0. The van der Waals surface area contributed by atoms with Crippen LogP contribution in [0.2, 0.25) is 0 Å². The van der Waals surface area contributed by atoms with Crippen LogP contribution in [0.25, 0.3) is 10.7 Å². The van der Waals surface area contributed by atoms with Gasteiger partial charge in [-0.3, -0.25) is 0 Å². The Labute approximate surface area is 101 Å². The van der Waals surface area contributed by atoms with E-state index >= 15 is 0 Å². The highest BCUT2D eigenvalue weighted by atomic mass is 79.9. The van der Waals surface area contributed by atoms with Crippen LogP contribution in [0.4, 0.5) is 0 Å². The maximum Gasteiger partial charge on any atom is 0.240 e. The van der Waals surface area contributed by atoms with Gasteiger partial charge < -0.3 is 4.52 Å². The van der Waals surface area contributed by atoms with E-state index in [9.17, 15) is 0 Å². The van der Waals surface area contributed by atoms with Crippen molar-refractivity contribution in [3.8, 4) is 10.7 Å². The van der Waals surface area contributed by atoms with Crippen molar-refractivity contribution in [2.75, 3.05) is 0 Å². The summed E-state index contributed by atoms with van der Waals surface area (Å²) in [5.41, 5.74) is 0. The molecule has 0 saturated heterocycles. The minimum Gasteiger partial charge on any atom is -0.338 e. The number of rotatable bonds is 3. The number of nitrogens with zero attached hydrogens (tertiary/aromatic N) is 2. The van der Waals surface area contributed by atoms with Gasteiger partial charge in [-0.25, -0.2) is 0 Å². The van der Waals surface area contributed by atoms with E-state index in [1.807, 2.05) is 6.07 Å². The molecule has 2 aromatic rings. The molecule has 0 saturated carbocycles. The minimum absolute atomic E-state index is 0.153. The second kappa shape index (κ2) is 4.45. The number of aryl methyl sites for hydroxylation is 1. The molecule has 80 valence electrons. The van der Waals surface area contributed by atoms with Crippen LogP contribution in [0, 0.1) is 6.92 Å². The summed E-state index contributed by atoms with van der Waals surface area (Å²) in [6, 6.07) is 4.07. The third kappa shape index (κ3) is 2.29. The van der Waals surface area contributed by atoms with Gasteiger partial charge in [0.05, 0.1) is 9.70 Å². The van der Waals surface area contributed by atoms with Crippen LogP contribution in [-0.4, -0.2) is 10.1 Å². The van der Waals surface area contributed by atoms with Crippen molar-refractivity contribution in [3.05, 3.63) is 22.9 Å². The van der Waals surface area contributed by atoms with Crippen LogP contribution in [-0.2, 0) is 0 Å². The molecule has 0 spiro atoms. The highest BCUT2D eigenvalue weighted by molar-refractivity contribution is 9.09. The van der Waals surface area contributed by atoms with E-state index in [1.54, 1.807) is 11.3 Å². The molecule has 2 rings (SSSR count). The SMILES string of the molecule is CCC(Br)c1nc(-c2ccc(C)s2)no1. The first-order valence-electron chi connectivity index (χ1n) is 4.75. The van der Waals surface area contributed by atoms with Crippen LogP contribution in [0.3, 0.4) is 0 Å². The monoisotopic (exact) mass is 286 g/mol. The molecule has 0 aliphatic carbocycles. The van der Waals surface area contributed by atoms with E-state index in [-0.39, 0.29) is 4.83 Å². The Balaban J connectivity index is 2.27. The average Bonchev–Trinajstić information content (AvgIpc) is 2.84. The van der Waals surface area contributed by atoms with Gasteiger partial charge in [-0.2, -0.15) is 4.98 Å². The molecule has 0 fully saturated rings. The second-order valence-electron chi connectivity index (χ2n) is 3.24. The number of hydrogen-bond acceptors (Lipinski definition) is 4. The maximum absolute atomic E-state index is 5.18. The summed E-state index contributed by atoms with van der Waals surface area (Å²) in [4.78, 5) is 6.81. The number of thiophene rings is 1. The Kier molecular flexibility index (Phi) is 3.21. The summed E-state index contributed by atoms with van der Waals surface area (Å²) in [5, 5.41) is 3.96. The molecule has 0 N–H and O–H groups in total. The van der Waals surface area contributed by atoms with Crippen LogP contribution in [0.15, 0.2) is 16.7 Å². The minimum atomic E-state index is 0.153. The van der Waals surface area contributed by atoms with Crippen molar-refractivity contribution in [1.29, 1.82) is 0 Å². The first-order chi connectivity index (χ1) is 7.20. The van der Waals surface area contributed by atoms with Crippen LogP contribution >= 0.6 is 27.3 Å². The molecule has 1 atom stereocenters. The Morgan fingerprint density at radius 1 is 1.53 bits per heavy atom. The molecular weight excluding hydrogens is 276 g/mol. The molecule has 1 unspecified atom stereocenters. The molecule has 3 nitrogen and oxygen atoms in total. The fraction of sp³-hybridized carbons (Fsp3) is 0.400. The van der Waals surface area contributed by atoms with Gasteiger partial charge in [0.25, 0.3) is 0 Å². The highest BCUT2D eigenvalue weighted by Crippen LogP contribution is 2.29. The van der Waals surface area contributed by atoms with E-state index in [1.165, 1.54) is 4.88 Å². The topological polar surface area (TPSA) is 38.9 Å². The van der Waals surface area contributed by atoms with Crippen molar-refractivity contribution in [3.63, 3.8) is 0 Å². The Hall–Kier alpha value is -0.680. The zero-order valence-electron chi connectivity index (χ0n) is 8.53. The van der Waals surface area contributed by atoms with Gasteiger partial charge in [0.1, 0.15) is 0 Å². The van der Waals surface area contributed by atoms with E-state index < -0.39 is 0 Å². The van der Waals surface area contributed by atoms with Crippen molar-refractivity contribution in [2.45, 2.75) is 25.1 Å². The predicted molar refractivity (Wildman–Crippen MR) is 64.3 cm³/mol. The predicted octanol–water partition coefficient (Wildman–Crippen LogP) is 3.95. The molecule has 2 aromatic heterocycles. The smallest absolute Gasteiger partial charge is 0.240 e. The second-order valence-corrected chi connectivity index (χ2v) is 5.64. The molecule has 5 heteroatoms. The summed E-state index contributed by atoms with van der Waals surface area (Å²) in [5.74, 6) is 1.33. The summed E-state index contributed by atoms with van der Waals surface area (Å²) >= 11 is 5.16. The van der Waals surface area contributed by atoms with Crippen molar-refractivity contribution in [1.82, 2.24) is 10.1 Å². The first-order valence-corrected chi connectivity index (χ1v) is 6.48. The van der Waals surface area contributed by atoms with E-state index in [0.717, 1.165) is 11.3 Å². The third-order valence-corrected chi connectivity index (χ3v) is 4.06. The maximum atomic E-state index is 5.18. The van der Waals surface area contributed by atoms with Gasteiger partial charge in [0.15, 0.2) is 0 Å². The third-order valence-electron chi connectivity index (χ3n) is 2.03. The van der Waals surface area contributed by atoms with Crippen molar-refractivity contribution < 1.29 is 4.52 Å². The lowest BCUT2D eigenvalue weighted by atomic mass is 10.3. The summed E-state index contributed by atoms with van der Waals surface area (Å²) in [6.07, 6.45) is 0.936. The average molecular weight is 287 g/mol. The lowest BCUT2D eigenvalue weighted by Crippen LogP contribution is -1.86. The first kappa shape index (κ1) is 10.8. The van der Waals surface area contributed by atoms with E-state index in [2.05, 4.69) is 46.0 Å². The normalized spacial score (nSPS) is 13.0. The number of halogens is 1. The van der Waals surface area contributed by atoms with Gasteiger partial charge in [0.2, 0.25) is 11.7 Å². The standard InChI is InChI=1S/C10H11BrN2OS/c1-3-7(11)10-12-9(13-14-10)8-5-4-6(2)15-8/h4-5,7H,3H2,1-2H3. The fourth-order valence-corrected chi connectivity index (χ4v) is 2.17. The number of aromatic nitrogens is 2. The van der Waals surface area contributed by atoms with Crippen LogP contribution < -0.4 is 0 Å². The Morgan fingerprint density at radius 3 is 2.93 bits per heavy atom. The zero-order chi connectivity index (χ0) is 10.8. The summed E-state index contributed by atoms with van der Waals surface area (Å²) in [6.45, 7) is 4.13. The van der Waals surface area contributed by atoms with E-state index in [0.29, 0.717) is 11.7 Å². The lowest BCUT2D eigenvalue weighted by Gasteiger charge is -1.96. The molecule has 0 radical (unpaired) electrons. The largest absolute Gasteiger partial charge is 0.338 e. The molecular formula is C10H11BrN2OS. The fourth-order valence-electron chi connectivity index (χ4n) is 1.19. The molecule has 0 aromatic carbocycles. The molecule has 0 bridgehead atoms. The highest BCUT2D eigenvalue weighted by Gasteiger charge is 2.15. The Bertz CT molecular complexity index is 452. The lowest BCUT2D eigenvalue weighted by molar-refractivity contribution is 0.377. The van der Waals surface area contributed by atoms with Gasteiger partial charge in [-0.15, -0.1) is 11.3 Å². The zero-order valence-corrected chi connectivity index (χ0v) is 10.9. The van der Waals surface area contributed by atoms with Gasteiger partial charge >= 0.3 is 0 Å². The van der Waals surface area contributed by atoms with Gasteiger partial charge in [-0.05, 0) is 25.5 Å². The molecule has 0 amide bonds. The van der Waals surface area contributed by atoms with Gasteiger partial charge in [0, 0.05) is 4.88 Å². The molecule has 15 heavy (non-hydrogen) atoms. The van der Waals surface area contributed by atoms with E-state index in [4.69, 9.17) is 4.52 Å². The number of hydrogen-bond donors (Lipinski definition) is 0. The van der Waals surface area contributed by atoms with Crippen LogP contribution in [0.1, 0.15) is 28.9 Å². The van der Waals surface area contributed by atoms with Crippen LogP contribution in [0.5, 0.6) is 0 Å². The number of alkyl halides is 1. The van der Waals surface area contributed by atoms with Crippen molar-refractivity contribution in [2.24, 2.45) is 0 Å². The Morgan fingerprint density at radius 2 is 2.33 bits per heavy atom. The molecule has 0 aliphatic heterocycles. The molecule has 2 heterocycles.